The Balaban J connectivity index is 2.04. The number of rotatable bonds is 5. The molecule has 0 saturated heterocycles. The number of nitrogens with zero attached hydrogens (tertiary/aromatic N) is 1. The summed E-state index contributed by atoms with van der Waals surface area (Å²) in [4.78, 5) is 5.68. The summed E-state index contributed by atoms with van der Waals surface area (Å²) in [6.45, 7) is 5.09. The van der Waals surface area contributed by atoms with Crippen LogP contribution in [0.4, 0.5) is 0 Å². The lowest BCUT2D eigenvalue weighted by Crippen LogP contribution is -2.02. The van der Waals surface area contributed by atoms with Crippen molar-refractivity contribution in [2.24, 2.45) is 5.73 Å². The van der Waals surface area contributed by atoms with Crippen molar-refractivity contribution in [1.82, 2.24) is 4.98 Å². The second-order valence-corrected chi connectivity index (χ2v) is 5.96. The molecule has 0 fully saturated rings. The van der Waals surface area contributed by atoms with Gasteiger partial charge in [-0.25, -0.2) is 4.98 Å². The zero-order valence-corrected chi connectivity index (χ0v) is 12.3. The first-order valence-electron chi connectivity index (χ1n) is 6.62. The Morgan fingerprint density at radius 1 is 1.11 bits per heavy atom. The third-order valence-electron chi connectivity index (χ3n) is 3.00. The topological polar surface area (TPSA) is 38.9 Å². The number of aromatic nitrogens is 1. The van der Waals surface area contributed by atoms with Crippen molar-refractivity contribution in [2.45, 2.75) is 36.1 Å². The third-order valence-corrected chi connectivity index (χ3v) is 3.96. The molecule has 2 nitrogen and oxygen atoms in total. The van der Waals surface area contributed by atoms with Gasteiger partial charge < -0.3 is 5.73 Å². The van der Waals surface area contributed by atoms with E-state index >= 15 is 0 Å². The molecule has 1 aromatic heterocycles. The van der Waals surface area contributed by atoms with E-state index in [0.29, 0.717) is 12.5 Å². The van der Waals surface area contributed by atoms with Gasteiger partial charge in [-0.15, -0.1) is 0 Å². The van der Waals surface area contributed by atoms with E-state index in [9.17, 15) is 0 Å². The lowest BCUT2D eigenvalue weighted by Gasteiger charge is -2.06. The molecule has 3 heteroatoms. The highest BCUT2D eigenvalue weighted by Gasteiger charge is 2.02. The average Bonchev–Trinajstić information content (AvgIpc) is 2.42. The molecule has 1 aromatic carbocycles. The van der Waals surface area contributed by atoms with Crippen LogP contribution < -0.4 is 5.73 Å². The monoisotopic (exact) mass is 272 g/mol. The van der Waals surface area contributed by atoms with E-state index in [0.717, 1.165) is 11.4 Å². The minimum absolute atomic E-state index is 0.577. The fraction of sp³-hybridized carbons (Fsp3) is 0.312. The van der Waals surface area contributed by atoms with E-state index in [2.05, 4.69) is 55.2 Å². The Labute approximate surface area is 119 Å². The van der Waals surface area contributed by atoms with Crippen molar-refractivity contribution in [1.29, 1.82) is 0 Å². The lowest BCUT2D eigenvalue weighted by atomic mass is 10.0. The minimum atomic E-state index is 0.577. The molecule has 0 aliphatic heterocycles. The fourth-order valence-electron chi connectivity index (χ4n) is 1.83. The van der Waals surface area contributed by atoms with Crippen LogP contribution in [0.1, 0.15) is 30.9 Å². The lowest BCUT2D eigenvalue weighted by molar-refractivity contribution is 0.865. The van der Waals surface area contributed by atoms with Crippen LogP contribution in [0.3, 0.4) is 0 Å². The van der Waals surface area contributed by atoms with Crippen LogP contribution in [-0.2, 0) is 6.42 Å². The number of hydrogen-bond acceptors (Lipinski definition) is 3. The average molecular weight is 272 g/mol. The van der Waals surface area contributed by atoms with Crippen molar-refractivity contribution in [3.05, 3.63) is 53.7 Å². The zero-order chi connectivity index (χ0) is 13.7. The van der Waals surface area contributed by atoms with Gasteiger partial charge in [-0.1, -0.05) is 43.8 Å². The summed E-state index contributed by atoms with van der Waals surface area (Å²) in [6.07, 6.45) is 2.80. The molecular weight excluding hydrogens is 252 g/mol. The predicted molar refractivity (Wildman–Crippen MR) is 81.6 cm³/mol. The van der Waals surface area contributed by atoms with Crippen LogP contribution in [0.2, 0.25) is 0 Å². The fourth-order valence-corrected chi connectivity index (χ4v) is 2.58. The number of hydrogen-bond donors (Lipinski definition) is 1. The molecule has 100 valence electrons. The quantitative estimate of drug-likeness (QED) is 0.898. The summed E-state index contributed by atoms with van der Waals surface area (Å²) < 4.78 is 0. The van der Waals surface area contributed by atoms with Crippen molar-refractivity contribution in [2.75, 3.05) is 6.54 Å². The standard InChI is InChI=1S/C16H20N2S/c1-12(2)14-4-6-15(7-5-14)19-16-8-3-13(9-10-17)11-18-16/h3-8,11-12H,9-10,17H2,1-2H3. The van der Waals surface area contributed by atoms with Gasteiger partial charge in [0.15, 0.2) is 0 Å². The van der Waals surface area contributed by atoms with Gasteiger partial charge in [0.25, 0.3) is 0 Å². The molecule has 1 heterocycles. The van der Waals surface area contributed by atoms with Gasteiger partial charge in [-0.3, -0.25) is 0 Å². The minimum Gasteiger partial charge on any atom is -0.330 e. The molecule has 2 rings (SSSR count). The predicted octanol–water partition coefficient (Wildman–Crippen LogP) is 3.86. The first kappa shape index (κ1) is 14.1. The zero-order valence-electron chi connectivity index (χ0n) is 11.5. The van der Waals surface area contributed by atoms with Gasteiger partial charge in [-0.2, -0.15) is 0 Å². The Morgan fingerprint density at radius 3 is 2.37 bits per heavy atom. The van der Waals surface area contributed by atoms with Crippen LogP contribution in [0.5, 0.6) is 0 Å². The van der Waals surface area contributed by atoms with Crippen molar-refractivity contribution in [3.8, 4) is 0 Å². The van der Waals surface area contributed by atoms with Gasteiger partial charge in [-0.05, 0) is 48.2 Å². The normalized spacial score (nSPS) is 10.9. The maximum atomic E-state index is 5.53. The summed E-state index contributed by atoms with van der Waals surface area (Å²) in [7, 11) is 0. The summed E-state index contributed by atoms with van der Waals surface area (Å²) in [5.74, 6) is 0.577. The molecule has 0 bridgehead atoms. The largest absolute Gasteiger partial charge is 0.330 e. The summed E-state index contributed by atoms with van der Waals surface area (Å²) in [5.41, 5.74) is 8.09. The number of benzene rings is 1. The molecule has 0 saturated carbocycles. The van der Waals surface area contributed by atoms with Crippen LogP contribution in [0.25, 0.3) is 0 Å². The second-order valence-electron chi connectivity index (χ2n) is 4.87. The van der Waals surface area contributed by atoms with Gasteiger partial charge in [0.1, 0.15) is 5.03 Å². The molecule has 19 heavy (non-hydrogen) atoms. The Kier molecular flexibility index (Phi) is 5.00. The molecular formula is C16H20N2S. The third kappa shape index (κ3) is 4.08. The molecule has 2 N–H and O–H groups in total. The molecule has 0 aliphatic carbocycles. The first-order valence-corrected chi connectivity index (χ1v) is 7.43. The second kappa shape index (κ2) is 6.73. The Bertz CT molecular complexity index is 503. The highest BCUT2D eigenvalue weighted by atomic mass is 32.2. The van der Waals surface area contributed by atoms with Gasteiger partial charge in [0.05, 0.1) is 0 Å². The molecule has 0 unspecified atom stereocenters. The Hall–Kier alpha value is -1.32. The molecule has 0 amide bonds. The van der Waals surface area contributed by atoms with E-state index in [1.54, 1.807) is 11.8 Å². The number of nitrogens with two attached hydrogens (primary N) is 1. The van der Waals surface area contributed by atoms with E-state index in [-0.39, 0.29) is 0 Å². The summed E-state index contributed by atoms with van der Waals surface area (Å²) >= 11 is 1.69. The highest BCUT2D eigenvalue weighted by molar-refractivity contribution is 7.99. The highest BCUT2D eigenvalue weighted by Crippen LogP contribution is 2.27. The van der Waals surface area contributed by atoms with Gasteiger partial charge in [0, 0.05) is 11.1 Å². The van der Waals surface area contributed by atoms with Crippen molar-refractivity contribution < 1.29 is 0 Å². The molecule has 0 atom stereocenters. The maximum absolute atomic E-state index is 5.53. The van der Waals surface area contributed by atoms with E-state index < -0.39 is 0 Å². The molecule has 0 radical (unpaired) electrons. The van der Waals surface area contributed by atoms with Crippen molar-refractivity contribution in [3.63, 3.8) is 0 Å². The van der Waals surface area contributed by atoms with E-state index in [4.69, 9.17) is 5.73 Å². The molecule has 0 spiro atoms. The Morgan fingerprint density at radius 2 is 1.84 bits per heavy atom. The smallest absolute Gasteiger partial charge is 0.101 e. The van der Waals surface area contributed by atoms with Crippen LogP contribution in [0, 0.1) is 0 Å². The summed E-state index contributed by atoms with van der Waals surface area (Å²) in [5, 5.41) is 1.03. The molecule has 0 aliphatic rings. The van der Waals surface area contributed by atoms with E-state index in [1.165, 1.54) is 16.0 Å². The molecule has 2 aromatic rings. The van der Waals surface area contributed by atoms with Crippen LogP contribution in [-0.4, -0.2) is 11.5 Å². The number of pyridine rings is 1. The van der Waals surface area contributed by atoms with E-state index in [1.807, 2.05) is 6.20 Å². The SMILES string of the molecule is CC(C)c1ccc(Sc2ccc(CCN)cn2)cc1. The van der Waals surface area contributed by atoms with Crippen LogP contribution >= 0.6 is 11.8 Å². The first-order chi connectivity index (χ1) is 9.19. The van der Waals surface area contributed by atoms with Crippen molar-refractivity contribution >= 4 is 11.8 Å². The maximum Gasteiger partial charge on any atom is 0.101 e. The summed E-state index contributed by atoms with van der Waals surface area (Å²) in [6, 6.07) is 12.9. The van der Waals surface area contributed by atoms with Crippen LogP contribution in [0.15, 0.2) is 52.5 Å². The van der Waals surface area contributed by atoms with Gasteiger partial charge in [0.2, 0.25) is 0 Å². The van der Waals surface area contributed by atoms with Gasteiger partial charge >= 0.3 is 0 Å².